The lowest BCUT2D eigenvalue weighted by Crippen LogP contribution is -1.89. The van der Waals surface area contributed by atoms with Crippen molar-refractivity contribution in [1.82, 2.24) is 20.5 Å². The third-order valence-corrected chi connectivity index (χ3v) is 2.26. The molecule has 0 fully saturated rings. The smallest absolute Gasteiger partial charge is 0.284 e. The van der Waals surface area contributed by atoms with Gasteiger partial charge in [-0.1, -0.05) is 5.16 Å². The van der Waals surface area contributed by atoms with Gasteiger partial charge in [-0.2, -0.15) is 4.98 Å². The molecular formula is C10H5F2N5O2. The van der Waals surface area contributed by atoms with Crippen LogP contribution in [0, 0.1) is 11.6 Å². The van der Waals surface area contributed by atoms with Crippen LogP contribution in [0.4, 0.5) is 14.6 Å². The Morgan fingerprint density at radius 2 is 1.74 bits per heavy atom. The van der Waals surface area contributed by atoms with Gasteiger partial charge in [0, 0.05) is 11.6 Å². The van der Waals surface area contributed by atoms with Crippen LogP contribution in [0.15, 0.2) is 27.4 Å². The van der Waals surface area contributed by atoms with Crippen LogP contribution in [0.1, 0.15) is 0 Å². The Hall–Kier alpha value is -2.84. The van der Waals surface area contributed by atoms with E-state index in [9.17, 15) is 8.78 Å². The fraction of sp³-hybridized carbons (Fsp3) is 0. The highest BCUT2D eigenvalue weighted by Gasteiger charge is 2.18. The molecule has 7 nitrogen and oxygen atoms in total. The fourth-order valence-corrected chi connectivity index (χ4v) is 1.46. The van der Waals surface area contributed by atoms with Crippen molar-refractivity contribution in [2.45, 2.75) is 0 Å². The van der Waals surface area contributed by atoms with Crippen molar-refractivity contribution in [3.63, 3.8) is 0 Å². The lowest BCUT2D eigenvalue weighted by molar-refractivity contribution is 0.308. The Labute approximate surface area is 104 Å². The van der Waals surface area contributed by atoms with Crippen molar-refractivity contribution in [3.05, 3.63) is 29.8 Å². The van der Waals surface area contributed by atoms with Crippen molar-refractivity contribution in [3.8, 4) is 23.0 Å². The maximum Gasteiger partial charge on any atom is 0.284 e. The molecule has 9 heteroatoms. The van der Waals surface area contributed by atoms with Crippen LogP contribution in [-0.4, -0.2) is 20.5 Å². The van der Waals surface area contributed by atoms with Crippen LogP contribution in [0.25, 0.3) is 23.0 Å². The average molecular weight is 265 g/mol. The molecule has 0 saturated carbocycles. The molecule has 3 aromatic rings. The van der Waals surface area contributed by atoms with E-state index in [1.54, 1.807) is 0 Å². The molecule has 0 radical (unpaired) electrons. The van der Waals surface area contributed by atoms with Crippen LogP contribution in [-0.2, 0) is 0 Å². The van der Waals surface area contributed by atoms with E-state index in [-0.39, 0.29) is 28.8 Å². The highest BCUT2D eigenvalue weighted by molar-refractivity contribution is 5.63. The second-order valence-corrected chi connectivity index (χ2v) is 3.58. The first-order valence-corrected chi connectivity index (χ1v) is 5.02. The van der Waals surface area contributed by atoms with Gasteiger partial charge >= 0.3 is 0 Å². The number of halogens is 2. The van der Waals surface area contributed by atoms with E-state index in [0.29, 0.717) is 0 Å². The van der Waals surface area contributed by atoms with Gasteiger partial charge in [0.1, 0.15) is 11.6 Å². The largest absolute Gasteiger partial charge is 0.379 e. The van der Waals surface area contributed by atoms with Gasteiger partial charge in [-0.3, -0.25) is 0 Å². The van der Waals surface area contributed by atoms with E-state index in [0.717, 1.165) is 18.2 Å². The summed E-state index contributed by atoms with van der Waals surface area (Å²) in [6.45, 7) is 0. The van der Waals surface area contributed by atoms with E-state index in [4.69, 9.17) is 10.3 Å². The quantitative estimate of drug-likeness (QED) is 0.751. The number of nitrogen functional groups attached to an aromatic ring is 1. The van der Waals surface area contributed by atoms with Gasteiger partial charge in [-0.15, -0.1) is 0 Å². The summed E-state index contributed by atoms with van der Waals surface area (Å²) in [7, 11) is 0. The molecule has 0 saturated heterocycles. The number of benzene rings is 1. The SMILES string of the molecule is Nc1nonc1-c1nc(-c2cc(F)cc(F)c2)no1. The summed E-state index contributed by atoms with van der Waals surface area (Å²) in [5.74, 6) is -1.58. The molecule has 0 aliphatic heterocycles. The molecule has 0 aliphatic rings. The molecule has 0 unspecified atom stereocenters. The van der Waals surface area contributed by atoms with Crippen LogP contribution in [0.3, 0.4) is 0 Å². The number of hydrogen-bond donors (Lipinski definition) is 1. The van der Waals surface area contributed by atoms with E-state index >= 15 is 0 Å². The molecule has 2 heterocycles. The van der Waals surface area contributed by atoms with Crippen molar-refractivity contribution in [2.24, 2.45) is 0 Å². The van der Waals surface area contributed by atoms with E-state index < -0.39 is 11.6 Å². The lowest BCUT2D eigenvalue weighted by atomic mass is 10.2. The topological polar surface area (TPSA) is 104 Å². The predicted molar refractivity (Wildman–Crippen MR) is 57.4 cm³/mol. The summed E-state index contributed by atoms with van der Waals surface area (Å²) in [4.78, 5) is 3.91. The van der Waals surface area contributed by atoms with Gasteiger partial charge in [0.25, 0.3) is 5.89 Å². The zero-order valence-corrected chi connectivity index (χ0v) is 9.17. The van der Waals surface area contributed by atoms with Crippen molar-refractivity contribution in [1.29, 1.82) is 0 Å². The van der Waals surface area contributed by atoms with Gasteiger partial charge in [-0.05, 0) is 22.4 Å². The molecule has 0 bridgehead atoms. The molecule has 0 spiro atoms. The number of nitrogens with zero attached hydrogens (tertiary/aromatic N) is 4. The zero-order chi connectivity index (χ0) is 13.4. The Morgan fingerprint density at radius 3 is 2.37 bits per heavy atom. The van der Waals surface area contributed by atoms with Crippen molar-refractivity contribution < 1.29 is 17.9 Å². The summed E-state index contributed by atoms with van der Waals surface area (Å²) in [6, 6.07) is 2.88. The summed E-state index contributed by atoms with van der Waals surface area (Å²) in [5, 5.41) is 10.4. The van der Waals surface area contributed by atoms with Crippen LogP contribution < -0.4 is 5.73 Å². The molecule has 2 aromatic heterocycles. The molecule has 96 valence electrons. The maximum atomic E-state index is 13.1. The average Bonchev–Trinajstić information content (AvgIpc) is 2.95. The van der Waals surface area contributed by atoms with Gasteiger partial charge in [-0.25, -0.2) is 13.4 Å². The van der Waals surface area contributed by atoms with Crippen molar-refractivity contribution in [2.75, 3.05) is 5.73 Å². The monoisotopic (exact) mass is 265 g/mol. The number of hydrogen-bond acceptors (Lipinski definition) is 7. The third kappa shape index (κ3) is 2.01. The Kier molecular flexibility index (Phi) is 2.44. The summed E-state index contributed by atoms with van der Waals surface area (Å²) >= 11 is 0. The van der Waals surface area contributed by atoms with Crippen LogP contribution in [0.5, 0.6) is 0 Å². The second-order valence-electron chi connectivity index (χ2n) is 3.58. The molecule has 1 aromatic carbocycles. The molecule has 0 atom stereocenters. The van der Waals surface area contributed by atoms with E-state index in [1.807, 2.05) is 0 Å². The zero-order valence-electron chi connectivity index (χ0n) is 9.17. The number of rotatable bonds is 2. The summed E-state index contributed by atoms with van der Waals surface area (Å²) in [5.41, 5.74) is 5.65. The second kappa shape index (κ2) is 4.12. The Morgan fingerprint density at radius 1 is 1.00 bits per heavy atom. The Balaban J connectivity index is 2.04. The van der Waals surface area contributed by atoms with Crippen LogP contribution in [0.2, 0.25) is 0 Å². The van der Waals surface area contributed by atoms with Gasteiger partial charge in [0.05, 0.1) is 0 Å². The molecular weight excluding hydrogens is 260 g/mol. The van der Waals surface area contributed by atoms with Gasteiger partial charge < -0.3 is 10.3 Å². The molecule has 3 rings (SSSR count). The number of anilines is 1. The summed E-state index contributed by atoms with van der Waals surface area (Å²) < 4.78 is 35.4. The predicted octanol–water partition coefficient (Wildman–Crippen LogP) is 1.65. The van der Waals surface area contributed by atoms with E-state index in [1.165, 1.54) is 0 Å². The molecule has 0 amide bonds. The first-order valence-electron chi connectivity index (χ1n) is 5.02. The minimum Gasteiger partial charge on any atom is -0.379 e. The highest BCUT2D eigenvalue weighted by Crippen LogP contribution is 2.24. The molecule has 0 aliphatic carbocycles. The number of nitrogens with two attached hydrogens (primary N) is 1. The summed E-state index contributed by atoms with van der Waals surface area (Å²) in [6.07, 6.45) is 0. The highest BCUT2D eigenvalue weighted by atomic mass is 19.1. The fourth-order valence-electron chi connectivity index (χ4n) is 1.46. The van der Waals surface area contributed by atoms with Crippen molar-refractivity contribution >= 4 is 5.82 Å². The Bertz CT molecular complexity index is 719. The lowest BCUT2D eigenvalue weighted by Gasteiger charge is -1.95. The van der Waals surface area contributed by atoms with Gasteiger partial charge in [0.15, 0.2) is 0 Å². The van der Waals surface area contributed by atoms with Gasteiger partial charge in [0.2, 0.25) is 17.3 Å². The maximum absolute atomic E-state index is 13.1. The third-order valence-electron chi connectivity index (χ3n) is 2.26. The normalized spacial score (nSPS) is 10.8. The van der Waals surface area contributed by atoms with E-state index in [2.05, 4.69) is 25.1 Å². The minimum absolute atomic E-state index is 0.00389. The minimum atomic E-state index is -0.746. The number of aromatic nitrogens is 4. The first kappa shape index (κ1) is 11.3. The standard InChI is InChI=1S/C10H5F2N5O2/c11-5-1-4(2-6(12)3-5)9-14-10(18-17-9)7-8(13)16-19-15-7/h1-3H,(H2,13,16). The molecule has 19 heavy (non-hydrogen) atoms. The first-order chi connectivity index (χ1) is 9.13. The van der Waals surface area contributed by atoms with Crippen LogP contribution >= 0.6 is 0 Å². The molecule has 2 N–H and O–H groups in total.